The van der Waals surface area contributed by atoms with E-state index in [4.69, 9.17) is 4.74 Å². The number of imide groups is 1. The van der Waals surface area contributed by atoms with Crippen LogP contribution in [0.3, 0.4) is 0 Å². The molecule has 28 heavy (non-hydrogen) atoms. The maximum absolute atomic E-state index is 13.2. The lowest BCUT2D eigenvalue weighted by Gasteiger charge is -2.28. The summed E-state index contributed by atoms with van der Waals surface area (Å²) < 4.78 is 6.29. The summed E-state index contributed by atoms with van der Waals surface area (Å²) in [4.78, 5) is 29.4. The molecule has 1 unspecified atom stereocenters. The Morgan fingerprint density at radius 1 is 1.04 bits per heavy atom. The fraction of sp³-hybridized carbons (Fsp3) is 0.391. The van der Waals surface area contributed by atoms with Gasteiger partial charge >= 0.3 is 0 Å². The van der Waals surface area contributed by atoms with Crippen molar-refractivity contribution in [2.24, 2.45) is 0 Å². The van der Waals surface area contributed by atoms with Crippen LogP contribution in [0, 0.1) is 0 Å². The third-order valence-electron chi connectivity index (χ3n) is 5.66. The van der Waals surface area contributed by atoms with E-state index in [1.807, 2.05) is 50.2 Å². The highest BCUT2D eigenvalue weighted by Gasteiger charge is 2.42. The molecule has 1 aliphatic heterocycles. The molecule has 2 aliphatic rings. The number of hydrogen-bond acceptors (Lipinski definition) is 4. The highest BCUT2D eigenvalue weighted by Crippen LogP contribution is 2.35. The molecule has 146 valence electrons. The van der Waals surface area contributed by atoms with Gasteiger partial charge in [0.2, 0.25) is 0 Å². The minimum atomic E-state index is -0.615. The van der Waals surface area contributed by atoms with Gasteiger partial charge in [0.1, 0.15) is 5.75 Å². The van der Waals surface area contributed by atoms with E-state index in [9.17, 15) is 9.59 Å². The Morgan fingerprint density at radius 2 is 1.79 bits per heavy atom. The number of anilines is 1. The van der Waals surface area contributed by atoms with Crippen molar-refractivity contribution >= 4 is 17.5 Å². The van der Waals surface area contributed by atoms with Gasteiger partial charge in [0.25, 0.3) is 11.8 Å². The molecule has 0 radical (unpaired) electrons. The summed E-state index contributed by atoms with van der Waals surface area (Å²) in [5, 5.41) is 0. The molecule has 5 heteroatoms. The van der Waals surface area contributed by atoms with Crippen molar-refractivity contribution in [1.29, 1.82) is 0 Å². The van der Waals surface area contributed by atoms with Gasteiger partial charge in [-0.1, -0.05) is 25.1 Å². The van der Waals surface area contributed by atoms with Gasteiger partial charge in [-0.2, -0.15) is 0 Å². The molecule has 0 fully saturated rings. The highest BCUT2D eigenvalue weighted by atomic mass is 16.5. The van der Waals surface area contributed by atoms with Crippen LogP contribution < -0.4 is 9.64 Å². The number of rotatable bonds is 5. The summed E-state index contributed by atoms with van der Waals surface area (Å²) in [7, 11) is 3.75. The lowest BCUT2D eigenvalue weighted by molar-refractivity contribution is 0.0222. The maximum Gasteiger partial charge on any atom is 0.266 e. The zero-order chi connectivity index (χ0) is 19.8. The Bertz CT molecular complexity index is 935. The van der Waals surface area contributed by atoms with E-state index < -0.39 is 6.23 Å². The summed E-state index contributed by atoms with van der Waals surface area (Å²) in [6.07, 6.45) is 4.29. The molecule has 0 N–H and O–H groups in total. The monoisotopic (exact) mass is 378 g/mol. The quantitative estimate of drug-likeness (QED) is 0.737. The molecule has 1 heterocycles. The van der Waals surface area contributed by atoms with Crippen LogP contribution >= 0.6 is 0 Å². The number of hydrogen-bond donors (Lipinski definition) is 0. The van der Waals surface area contributed by atoms with Crippen molar-refractivity contribution in [2.45, 2.75) is 45.3 Å². The smallest absolute Gasteiger partial charge is 0.266 e. The summed E-state index contributed by atoms with van der Waals surface area (Å²) in [6, 6.07) is 11.5. The molecule has 0 spiro atoms. The largest absolute Gasteiger partial charge is 0.470 e. The molecule has 1 atom stereocenters. The Labute approximate surface area is 165 Å². The van der Waals surface area contributed by atoms with Gasteiger partial charge in [0.05, 0.1) is 11.1 Å². The summed E-state index contributed by atoms with van der Waals surface area (Å²) in [6.45, 7) is 1.94. The number of fused-ring (bicyclic) bond motifs is 2. The Kier molecular flexibility index (Phi) is 4.84. The maximum atomic E-state index is 13.2. The number of benzene rings is 2. The predicted octanol–water partition coefficient (Wildman–Crippen LogP) is 4.04. The second-order valence-corrected chi connectivity index (χ2v) is 7.66. The first-order chi connectivity index (χ1) is 13.5. The Balaban J connectivity index is 1.68. The van der Waals surface area contributed by atoms with Crippen LogP contribution in [-0.2, 0) is 12.8 Å². The molecule has 2 aromatic rings. The standard InChI is InChI=1S/C23H26N2O3/c1-4-20(28-19-14-7-10-15-9-5-6-11-16(15)19)25-22(26)17-12-8-13-18(24(2)3)21(17)23(25)27/h7-8,10,12-14,20H,4-6,9,11H2,1-3H3. The lowest BCUT2D eigenvalue weighted by atomic mass is 9.91. The van der Waals surface area contributed by atoms with Crippen molar-refractivity contribution in [3.63, 3.8) is 0 Å². The molecule has 2 amide bonds. The van der Waals surface area contributed by atoms with Crippen molar-refractivity contribution in [2.75, 3.05) is 19.0 Å². The molecule has 0 bridgehead atoms. The predicted molar refractivity (Wildman–Crippen MR) is 109 cm³/mol. The van der Waals surface area contributed by atoms with Gasteiger partial charge in [0.15, 0.2) is 6.23 Å². The highest BCUT2D eigenvalue weighted by molar-refractivity contribution is 6.23. The minimum Gasteiger partial charge on any atom is -0.470 e. The van der Waals surface area contributed by atoms with Gasteiger partial charge < -0.3 is 9.64 Å². The molecular formula is C23H26N2O3. The van der Waals surface area contributed by atoms with Gasteiger partial charge in [-0.15, -0.1) is 0 Å². The average Bonchev–Trinajstić information content (AvgIpc) is 2.97. The van der Waals surface area contributed by atoms with Crippen LogP contribution in [0.5, 0.6) is 5.75 Å². The fourth-order valence-electron chi connectivity index (χ4n) is 4.24. The van der Waals surface area contributed by atoms with Crippen molar-refractivity contribution in [3.8, 4) is 5.75 Å². The second kappa shape index (κ2) is 7.30. The Hall–Kier alpha value is -2.82. The number of amides is 2. The lowest BCUT2D eigenvalue weighted by Crippen LogP contribution is -2.43. The normalized spacial score (nSPS) is 16.6. The van der Waals surface area contributed by atoms with Gasteiger partial charge in [0, 0.05) is 26.2 Å². The first-order valence-corrected chi connectivity index (χ1v) is 9.98. The van der Waals surface area contributed by atoms with Crippen molar-refractivity contribution in [1.82, 2.24) is 4.90 Å². The van der Waals surface area contributed by atoms with Crippen LogP contribution in [0.15, 0.2) is 36.4 Å². The van der Waals surface area contributed by atoms with Crippen molar-refractivity contribution < 1.29 is 14.3 Å². The van der Waals surface area contributed by atoms with E-state index in [0.29, 0.717) is 17.5 Å². The molecule has 2 aromatic carbocycles. The number of nitrogens with zero attached hydrogens (tertiary/aromatic N) is 2. The van der Waals surface area contributed by atoms with E-state index >= 15 is 0 Å². The first-order valence-electron chi connectivity index (χ1n) is 9.98. The summed E-state index contributed by atoms with van der Waals surface area (Å²) in [5.41, 5.74) is 4.21. The number of carbonyl (C=O) groups excluding carboxylic acids is 2. The first kappa shape index (κ1) is 18.5. The van der Waals surface area contributed by atoms with Crippen LogP contribution in [0.25, 0.3) is 0 Å². The van der Waals surface area contributed by atoms with E-state index in [1.165, 1.54) is 22.4 Å². The van der Waals surface area contributed by atoms with Crippen LogP contribution in [-0.4, -0.2) is 37.0 Å². The third kappa shape index (κ3) is 2.95. The van der Waals surface area contributed by atoms with E-state index in [1.54, 1.807) is 6.07 Å². The molecule has 0 saturated carbocycles. The molecule has 4 rings (SSSR count). The molecule has 0 aromatic heterocycles. The van der Waals surface area contributed by atoms with Gasteiger partial charge in [-0.25, -0.2) is 4.90 Å². The van der Waals surface area contributed by atoms with E-state index in [0.717, 1.165) is 30.7 Å². The second-order valence-electron chi connectivity index (χ2n) is 7.66. The SMILES string of the molecule is CCC(Oc1cccc2c1CCCC2)N1C(=O)c2cccc(N(C)C)c2C1=O. The van der Waals surface area contributed by atoms with E-state index in [2.05, 4.69) is 6.07 Å². The van der Waals surface area contributed by atoms with E-state index in [-0.39, 0.29) is 11.8 Å². The number of carbonyl (C=O) groups is 2. The number of aryl methyl sites for hydroxylation is 1. The third-order valence-corrected chi connectivity index (χ3v) is 5.66. The van der Waals surface area contributed by atoms with Crippen molar-refractivity contribution in [3.05, 3.63) is 58.7 Å². The van der Waals surface area contributed by atoms with Gasteiger partial charge in [-0.05, 0) is 55.0 Å². The molecule has 5 nitrogen and oxygen atoms in total. The summed E-state index contributed by atoms with van der Waals surface area (Å²) >= 11 is 0. The topological polar surface area (TPSA) is 49.9 Å². The van der Waals surface area contributed by atoms with Gasteiger partial charge in [-0.3, -0.25) is 9.59 Å². The summed E-state index contributed by atoms with van der Waals surface area (Å²) in [5.74, 6) is 0.245. The van der Waals surface area contributed by atoms with Crippen LogP contribution in [0.4, 0.5) is 5.69 Å². The van der Waals surface area contributed by atoms with Crippen LogP contribution in [0.2, 0.25) is 0 Å². The average molecular weight is 378 g/mol. The Morgan fingerprint density at radius 3 is 2.54 bits per heavy atom. The zero-order valence-corrected chi connectivity index (χ0v) is 16.7. The minimum absolute atomic E-state index is 0.277. The molecule has 1 aliphatic carbocycles. The number of ether oxygens (including phenoxy) is 1. The zero-order valence-electron chi connectivity index (χ0n) is 16.7. The molecular weight excluding hydrogens is 352 g/mol. The fourth-order valence-corrected chi connectivity index (χ4v) is 4.24. The van der Waals surface area contributed by atoms with Crippen LogP contribution in [0.1, 0.15) is 58.0 Å². The molecule has 0 saturated heterocycles.